The second-order valence-corrected chi connectivity index (χ2v) is 16.6. The summed E-state index contributed by atoms with van der Waals surface area (Å²) < 4.78 is 43.4. The third-order valence-electron chi connectivity index (χ3n) is 6.98. The molecule has 0 N–H and O–H groups in total. The van der Waals surface area contributed by atoms with Crippen LogP contribution in [-0.2, 0) is 9.16 Å². The zero-order valence-electron chi connectivity index (χ0n) is 26.1. The number of benzene rings is 2. The van der Waals surface area contributed by atoms with Crippen LogP contribution in [0.25, 0.3) is 11.4 Å². The maximum atomic E-state index is 16.1. The van der Waals surface area contributed by atoms with Gasteiger partial charge in [0.2, 0.25) is 11.7 Å². The number of nitrogens with zero attached hydrogens (tertiary/aromatic N) is 4. The number of carbonyl (C=O) groups is 1. The predicted molar refractivity (Wildman–Crippen MR) is 170 cm³/mol. The Bertz CT molecular complexity index is 1470. The SMILES string of the molecule is COC(=O)/N=C(\SC)C(=Nc1ccc(-c2noc(C)n2)cc1)c1cc(OC)cc(OCCCO[Si](C)(C)C(C)(C)C)c1F. The average molecular weight is 631 g/mol. The van der Waals surface area contributed by atoms with Gasteiger partial charge < -0.3 is 23.2 Å². The molecule has 0 aliphatic rings. The lowest BCUT2D eigenvalue weighted by molar-refractivity contribution is 0.183. The number of halogens is 1. The smallest absolute Gasteiger partial charge is 0.434 e. The molecule has 1 aromatic heterocycles. The van der Waals surface area contributed by atoms with E-state index in [1.165, 1.54) is 26.4 Å². The van der Waals surface area contributed by atoms with Gasteiger partial charge in [-0.2, -0.15) is 9.98 Å². The van der Waals surface area contributed by atoms with Crippen LogP contribution in [0.5, 0.6) is 11.5 Å². The average Bonchev–Trinajstić information content (AvgIpc) is 3.41. The summed E-state index contributed by atoms with van der Waals surface area (Å²) in [5, 5.41) is 4.16. The third-order valence-corrected chi connectivity index (χ3v) is 12.2. The third kappa shape index (κ3) is 8.97. The maximum Gasteiger partial charge on any atom is 0.434 e. The molecule has 1 heterocycles. The Balaban J connectivity index is 1.97. The normalized spacial score (nSPS) is 12.8. The van der Waals surface area contributed by atoms with Gasteiger partial charge >= 0.3 is 6.09 Å². The van der Waals surface area contributed by atoms with Crippen molar-refractivity contribution >= 4 is 42.6 Å². The van der Waals surface area contributed by atoms with Crippen LogP contribution < -0.4 is 9.47 Å². The number of hydrogen-bond acceptors (Lipinski definition) is 10. The van der Waals surface area contributed by atoms with Crippen LogP contribution >= 0.6 is 11.8 Å². The van der Waals surface area contributed by atoms with Crippen molar-refractivity contribution in [2.75, 3.05) is 33.7 Å². The Morgan fingerprint density at radius 3 is 2.37 bits per heavy atom. The van der Waals surface area contributed by atoms with E-state index in [9.17, 15) is 4.79 Å². The van der Waals surface area contributed by atoms with Crippen molar-refractivity contribution in [1.29, 1.82) is 0 Å². The summed E-state index contributed by atoms with van der Waals surface area (Å²) in [6, 6.07) is 9.92. The topological polar surface area (TPSA) is 118 Å². The number of aryl methyl sites for hydroxylation is 1. The van der Waals surface area contributed by atoms with E-state index in [1.807, 2.05) is 0 Å². The van der Waals surface area contributed by atoms with E-state index in [2.05, 4.69) is 49.0 Å². The van der Waals surface area contributed by atoms with Crippen LogP contribution in [0.1, 0.15) is 38.6 Å². The first kappa shape index (κ1) is 33.9. The van der Waals surface area contributed by atoms with E-state index >= 15 is 4.39 Å². The summed E-state index contributed by atoms with van der Waals surface area (Å²) in [4.78, 5) is 25.1. The molecule has 0 aliphatic heterocycles. The first-order chi connectivity index (χ1) is 20.3. The highest BCUT2D eigenvalue weighted by Crippen LogP contribution is 2.36. The fraction of sp³-hybridized carbons (Fsp3) is 0.433. The minimum atomic E-state index is -1.91. The van der Waals surface area contributed by atoms with Crippen molar-refractivity contribution in [3.63, 3.8) is 0 Å². The highest BCUT2D eigenvalue weighted by molar-refractivity contribution is 8.15. The van der Waals surface area contributed by atoms with Gasteiger partial charge in [0.25, 0.3) is 0 Å². The minimum Gasteiger partial charge on any atom is -0.497 e. The van der Waals surface area contributed by atoms with Gasteiger partial charge in [0.05, 0.1) is 26.5 Å². The van der Waals surface area contributed by atoms with E-state index in [0.29, 0.717) is 41.7 Å². The van der Waals surface area contributed by atoms with Gasteiger partial charge in [0.1, 0.15) is 16.5 Å². The molecule has 0 bridgehead atoms. The molecule has 232 valence electrons. The molecule has 10 nitrogen and oxygen atoms in total. The Morgan fingerprint density at radius 1 is 1.12 bits per heavy atom. The molecular formula is C30H39FN4O6SSi. The van der Waals surface area contributed by atoms with Crippen molar-refractivity contribution in [2.45, 2.75) is 52.2 Å². The predicted octanol–water partition coefficient (Wildman–Crippen LogP) is 7.63. The Morgan fingerprint density at radius 2 is 1.81 bits per heavy atom. The Hall–Kier alpha value is -3.55. The molecule has 3 aromatic rings. The molecule has 0 unspecified atom stereocenters. The number of carbonyl (C=O) groups excluding carboxylic acids is 1. The Kier molecular flexibility index (Phi) is 11.6. The minimum absolute atomic E-state index is 0.0179. The number of methoxy groups -OCH3 is 2. The van der Waals surface area contributed by atoms with Crippen LogP contribution in [0.3, 0.4) is 0 Å². The number of aliphatic imine (C=N–C) groups is 2. The molecule has 43 heavy (non-hydrogen) atoms. The largest absolute Gasteiger partial charge is 0.497 e. The monoisotopic (exact) mass is 630 g/mol. The summed E-state index contributed by atoms with van der Waals surface area (Å²) in [6.07, 6.45) is 1.43. The summed E-state index contributed by atoms with van der Waals surface area (Å²) >= 11 is 1.12. The first-order valence-corrected chi connectivity index (χ1v) is 17.8. The lowest BCUT2D eigenvalue weighted by Gasteiger charge is -2.36. The zero-order valence-corrected chi connectivity index (χ0v) is 27.9. The lowest BCUT2D eigenvalue weighted by atomic mass is 10.1. The van der Waals surface area contributed by atoms with E-state index in [1.54, 1.807) is 37.4 Å². The number of aromatic nitrogens is 2. The van der Waals surface area contributed by atoms with Crippen molar-refractivity contribution in [2.24, 2.45) is 9.98 Å². The fourth-order valence-electron chi connectivity index (χ4n) is 3.53. The zero-order chi connectivity index (χ0) is 31.8. The molecular weight excluding hydrogens is 592 g/mol. The molecule has 0 saturated heterocycles. The van der Waals surface area contributed by atoms with Crippen molar-refractivity contribution in [3.05, 3.63) is 53.7 Å². The first-order valence-electron chi connectivity index (χ1n) is 13.6. The standard InChI is InChI=1S/C30H39FN4O6SSi/c1-19-32-27(35-41-19)20-11-13-21(14-12-20)33-26(28(42-7)34-29(36)38-6)23-17-22(37-5)18-24(25(23)31)39-15-10-16-40-43(8,9)30(2,3)4/h11-14,17-18H,10,15-16H2,1-9H3/b33-26?,34-28-. The second-order valence-electron chi connectivity index (χ2n) is 11.0. The second kappa shape index (κ2) is 14.8. The van der Waals surface area contributed by atoms with Crippen molar-refractivity contribution < 1.29 is 32.3 Å². The molecule has 1 amide bonds. The molecule has 2 aromatic carbocycles. The molecule has 0 aliphatic carbocycles. The van der Waals surface area contributed by atoms with Gasteiger partial charge in [0.15, 0.2) is 19.9 Å². The molecule has 3 rings (SSSR count). The van der Waals surface area contributed by atoms with Crippen LogP contribution in [0.4, 0.5) is 14.9 Å². The lowest BCUT2D eigenvalue weighted by Crippen LogP contribution is -2.41. The summed E-state index contributed by atoms with van der Waals surface area (Å²) in [5.41, 5.74) is 1.33. The highest BCUT2D eigenvalue weighted by Gasteiger charge is 2.36. The Labute approximate surface area is 257 Å². The van der Waals surface area contributed by atoms with Gasteiger partial charge in [0, 0.05) is 37.1 Å². The quantitative estimate of drug-likeness (QED) is 0.0912. The molecule has 0 radical (unpaired) electrons. The van der Waals surface area contributed by atoms with E-state index in [4.69, 9.17) is 28.2 Å². The molecule has 0 spiro atoms. The molecule has 0 fully saturated rings. The highest BCUT2D eigenvalue weighted by atomic mass is 32.2. The molecule has 13 heteroatoms. The number of amides is 1. The number of ether oxygens (including phenoxy) is 3. The van der Waals surface area contributed by atoms with Crippen LogP contribution in [-0.4, -0.2) is 69.0 Å². The maximum absolute atomic E-state index is 16.1. The summed E-state index contributed by atoms with van der Waals surface area (Å²) in [6.45, 7) is 13.3. The number of hydrogen-bond donors (Lipinski definition) is 0. The van der Waals surface area contributed by atoms with Crippen molar-refractivity contribution in [3.8, 4) is 22.9 Å². The van der Waals surface area contributed by atoms with Crippen LogP contribution in [0, 0.1) is 12.7 Å². The van der Waals surface area contributed by atoms with Gasteiger partial charge in [-0.3, -0.25) is 0 Å². The fourth-order valence-corrected chi connectivity index (χ4v) is 5.13. The summed E-state index contributed by atoms with van der Waals surface area (Å²) in [7, 11) is 0.781. The van der Waals surface area contributed by atoms with Crippen molar-refractivity contribution in [1.82, 2.24) is 10.1 Å². The van der Waals surface area contributed by atoms with Crippen LogP contribution in [0.2, 0.25) is 18.1 Å². The van der Waals surface area contributed by atoms with Gasteiger partial charge in [-0.25, -0.2) is 14.2 Å². The summed E-state index contributed by atoms with van der Waals surface area (Å²) in [5.74, 6) is 0.530. The molecule has 0 atom stereocenters. The van der Waals surface area contributed by atoms with Gasteiger partial charge in [-0.1, -0.05) is 25.9 Å². The van der Waals surface area contributed by atoms with E-state index in [0.717, 1.165) is 11.8 Å². The molecule has 0 saturated carbocycles. The van der Waals surface area contributed by atoms with Gasteiger partial charge in [-0.05, 0) is 54.7 Å². The van der Waals surface area contributed by atoms with Crippen LogP contribution in [0.15, 0.2) is 50.9 Å². The van der Waals surface area contributed by atoms with E-state index in [-0.39, 0.29) is 33.7 Å². The number of rotatable bonds is 11. The van der Waals surface area contributed by atoms with E-state index < -0.39 is 20.2 Å². The van der Waals surface area contributed by atoms with Gasteiger partial charge in [-0.15, -0.1) is 11.8 Å². The number of thioether (sulfide) groups is 1.